The van der Waals surface area contributed by atoms with E-state index in [1.165, 1.54) is 11.1 Å². The summed E-state index contributed by atoms with van der Waals surface area (Å²) < 4.78 is 28.2. The molecule has 0 bridgehead atoms. The van der Waals surface area contributed by atoms with Crippen molar-refractivity contribution in [3.05, 3.63) is 64.1 Å². The van der Waals surface area contributed by atoms with Gasteiger partial charge in [-0.15, -0.1) is 12.4 Å². The molecule has 4 nitrogen and oxygen atoms in total. The van der Waals surface area contributed by atoms with Crippen molar-refractivity contribution in [2.24, 2.45) is 0 Å². The Balaban J connectivity index is 0.00000192. The molecule has 0 aromatic heterocycles. The summed E-state index contributed by atoms with van der Waals surface area (Å²) in [6, 6.07) is 14.9. The monoisotopic (exact) mass is 416 g/mol. The molecule has 0 amide bonds. The number of fused-ring (bicyclic) bond motifs is 1. The van der Waals surface area contributed by atoms with Gasteiger partial charge in [-0.2, -0.15) is 0 Å². The number of hydrogen-bond donors (Lipinski definition) is 2. The quantitative estimate of drug-likeness (QED) is 0.804. The number of nitrogens with one attached hydrogen (secondary N) is 2. The second-order valence-corrected chi connectivity index (χ2v) is 7.95. The minimum Gasteiger partial charge on any atom is -0.308 e. The standard InChI is InChI=1S/C16H17BrN2O2S.ClH/c17-13-5-3-6-14(10-13)22(20,21)19-11-16-15-7-2-1-4-12(15)8-9-18-16;/h1-7,10,16,18-19H,8-9,11H2;1H. The van der Waals surface area contributed by atoms with E-state index in [-0.39, 0.29) is 23.3 Å². The molecule has 124 valence electrons. The van der Waals surface area contributed by atoms with Gasteiger partial charge < -0.3 is 5.32 Å². The SMILES string of the molecule is Cl.O=S(=O)(NCC1NCCc2ccccc21)c1cccc(Br)c1. The highest BCUT2D eigenvalue weighted by atomic mass is 79.9. The van der Waals surface area contributed by atoms with Gasteiger partial charge in [-0.1, -0.05) is 46.3 Å². The van der Waals surface area contributed by atoms with Crippen molar-refractivity contribution >= 4 is 38.4 Å². The van der Waals surface area contributed by atoms with Crippen LogP contribution >= 0.6 is 28.3 Å². The third-order valence-electron chi connectivity index (χ3n) is 3.80. The first-order chi connectivity index (χ1) is 10.6. The van der Waals surface area contributed by atoms with Gasteiger partial charge in [0.05, 0.1) is 4.90 Å². The molecule has 1 unspecified atom stereocenters. The Kier molecular flexibility index (Phi) is 6.22. The first kappa shape index (κ1) is 18.4. The van der Waals surface area contributed by atoms with Crippen LogP contribution in [0.3, 0.4) is 0 Å². The molecule has 1 atom stereocenters. The molecule has 1 aliphatic rings. The van der Waals surface area contributed by atoms with Crippen LogP contribution in [0.5, 0.6) is 0 Å². The van der Waals surface area contributed by atoms with Crippen LogP contribution in [-0.2, 0) is 16.4 Å². The Morgan fingerprint density at radius 3 is 2.74 bits per heavy atom. The van der Waals surface area contributed by atoms with Crippen LogP contribution in [0.2, 0.25) is 0 Å². The van der Waals surface area contributed by atoms with E-state index in [1.807, 2.05) is 12.1 Å². The van der Waals surface area contributed by atoms with Crippen molar-refractivity contribution in [2.45, 2.75) is 17.4 Å². The second kappa shape index (κ2) is 7.77. The van der Waals surface area contributed by atoms with E-state index in [0.29, 0.717) is 6.54 Å². The Bertz CT molecular complexity index is 783. The van der Waals surface area contributed by atoms with Gasteiger partial charge >= 0.3 is 0 Å². The number of halogens is 2. The third-order valence-corrected chi connectivity index (χ3v) is 5.71. The maximum absolute atomic E-state index is 12.4. The summed E-state index contributed by atoms with van der Waals surface area (Å²) in [5.74, 6) is 0. The van der Waals surface area contributed by atoms with E-state index in [4.69, 9.17) is 0 Å². The van der Waals surface area contributed by atoms with Crippen LogP contribution in [0.25, 0.3) is 0 Å². The summed E-state index contributed by atoms with van der Waals surface area (Å²) in [5, 5.41) is 3.37. The van der Waals surface area contributed by atoms with Crippen LogP contribution < -0.4 is 10.0 Å². The molecule has 2 aromatic rings. The zero-order valence-corrected chi connectivity index (χ0v) is 15.5. The zero-order valence-electron chi connectivity index (χ0n) is 12.3. The number of rotatable bonds is 4. The summed E-state index contributed by atoms with van der Waals surface area (Å²) in [6.45, 7) is 1.20. The molecule has 0 saturated heterocycles. The van der Waals surface area contributed by atoms with Crippen LogP contribution in [0.4, 0.5) is 0 Å². The first-order valence-corrected chi connectivity index (χ1v) is 9.40. The average molecular weight is 418 g/mol. The summed E-state index contributed by atoms with van der Waals surface area (Å²) in [7, 11) is -3.50. The number of hydrogen-bond acceptors (Lipinski definition) is 3. The van der Waals surface area contributed by atoms with Gasteiger partial charge in [-0.25, -0.2) is 13.1 Å². The number of sulfonamides is 1. The molecule has 0 aliphatic carbocycles. The molecule has 2 N–H and O–H groups in total. The van der Waals surface area contributed by atoms with Crippen LogP contribution in [0.1, 0.15) is 17.2 Å². The Labute approximate surface area is 151 Å². The van der Waals surface area contributed by atoms with E-state index in [9.17, 15) is 8.42 Å². The molecule has 0 spiro atoms. The fourth-order valence-corrected chi connectivity index (χ4v) is 4.33. The lowest BCUT2D eigenvalue weighted by atomic mass is 9.95. The smallest absolute Gasteiger partial charge is 0.240 e. The lowest BCUT2D eigenvalue weighted by Crippen LogP contribution is -2.38. The van der Waals surface area contributed by atoms with Crippen LogP contribution in [0, 0.1) is 0 Å². The van der Waals surface area contributed by atoms with E-state index < -0.39 is 10.0 Å². The highest BCUT2D eigenvalue weighted by molar-refractivity contribution is 9.10. The molecule has 2 aromatic carbocycles. The van der Waals surface area contributed by atoms with Crippen molar-refractivity contribution in [3.8, 4) is 0 Å². The molecular weight excluding hydrogens is 400 g/mol. The van der Waals surface area contributed by atoms with Gasteiger partial charge in [0.2, 0.25) is 10.0 Å². The summed E-state index contributed by atoms with van der Waals surface area (Å²) >= 11 is 3.30. The fraction of sp³-hybridized carbons (Fsp3) is 0.250. The maximum Gasteiger partial charge on any atom is 0.240 e. The predicted octanol–water partition coefficient (Wildman–Crippen LogP) is 3.04. The topological polar surface area (TPSA) is 58.2 Å². The van der Waals surface area contributed by atoms with Crippen molar-refractivity contribution in [2.75, 3.05) is 13.1 Å². The summed E-state index contributed by atoms with van der Waals surface area (Å²) in [6.07, 6.45) is 0.977. The van der Waals surface area contributed by atoms with Gasteiger partial charge in [0.25, 0.3) is 0 Å². The molecule has 23 heavy (non-hydrogen) atoms. The lowest BCUT2D eigenvalue weighted by Gasteiger charge is -2.27. The Morgan fingerprint density at radius 1 is 1.17 bits per heavy atom. The summed E-state index contributed by atoms with van der Waals surface area (Å²) in [5.41, 5.74) is 2.46. The molecule has 0 saturated carbocycles. The molecule has 3 rings (SSSR count). The molecule has 1 heterocycles. The van der Waals surface area contributed by atoms with Crippen LogP contribution in [-0.4, -0.2) is 21.5 Å². The highest BCUT2D eigenvalue weighted by Gasteiger charge is 2.22. The van der Waals surface area contributed by atoms with Gasteiger partial charge in [-0.3, -0.25) is 0 Å². The van der Waals surface area contributed by atoms with Gasteiger partial charge in [0, 0.05) is 17.1 Å². The molecule has 0 fully saturated rings. The van der Waals surface area contributed by atoms with Crippen molar-refractivity contribution in [3.63, 3.8) is 0 Å². The van der Waals surface area contributed by atoms with E-state index in [1.54, 1.807) is 24.3 Å². The minimum absolute atomic E-state index is 0. The second-order valence-electron chi connectivity index (χ2n) is 5.26. The van der Waals surface area contributed by atoms with Crippen molar-refractivity contribution < 1.29 is 8.42 Å². The number of benzene rings is 2. The predicted molar refractivity (Wildman–Crippen MR) is 97.5 cm³/mol. The van der Waals surface area contributed by atoms with Gasteiger partial charge in [0.1, 0.15) is 0 Å². The van der Waals surface area contributed by atoms with E-state index >= 15 is 0 Å². The Hall–Kier alpha value is -0.920. The molecule has 0 radical (unpaired) electrons. The van der Waals surface area contributed by atoms with Crippen molar-refractivity contribution in [1.29, 1.82) is 0 Å². The molecule has 7 heteroatoms. The first-order valence-electron chi connectivity index (χ1n) is 7.13. The van der Waals surface area contributed by atoms with E-state index in [2.05, 4.69) is 38.1 Å². The van der Waals surface area contributed by atoms with Gasteiger partial charge in [-0.05, 0) is 42.3 Å². The largest absolute Gasteiger partial charge is 0.308 e. The Morgan fingerprint density at radius 2 is 1.96 bits per heavy atom. The minimum atomic E-state index is -3.50. The zero-order chi connectivity index (χ0) is 15.6. The maximum atomic E-state index is 12.4. The van der Waals surface area contributed by atoms with Crippen LogP contribution in [0.15, 0.2) is 57.9 Å². The average Bonchev–Trinajstić information content (AvgIpc) is 2.53. The lowest BCUT2D eigenvalue weighted by molar-refractivity contribution is 0.491. The summed E-state index contributed by atoms with van der Waals surface area (Å²) in [4.78, 5) is 0.269. The van der Waals surface area contributed by atoms with Crippen molar-refractivity contribution in [1.82, 2.24) is 10.0 Å². The fourth-order valence-electron chi connectivity index (χ4n) is 2.69. The normalized spacial score (nSPS) is 17.2. The van der Waals surface area contributed by atoms with E-state index in [0.717, 1.165) is 17.4 Å². The highest BCUT2D eigenvalue weighted by Crippen LogP contribution is 2.23. The third kappa shape index (κ3) is 4.33. The van der Waals surface area contributed by atoms with Gasteiger partial charge in [0.15, 0.2) is 0 Å². The molecule has 1 aliphatic heterocycles. The molecular formula is C16H18BrClN2O2S.